The molecule has 0 bridgehead atoms. The lowest BCUT2D eigenvalue weighted by atomic mass is 9.77. The van der Waals surface area contributed by atoms with Gasteiger partial charge in [0.2, 0.25) is 0 Å². The lowest BCUT2D eigenvalue weighted by Gasteiger charge is -2.32. The Labute approximate surface area is 111 Å². The first-order valence-corrected chi connectivity index (χ1v) is 6.39. The highest BCUT2D eigenvalue weighted by Crippen LogP contribution is 2.38. The zero-order valence-electron chi connectivity index (χ0n) is 12.1. The van der Waals surface area contributed by atoms with E-state index in [1.165, 1.54) is 0 Å². The molecular weight excluding hydrogens is 225 g/mol. The maximum atomic E-state index is 5.95. The molecule has 0 aromatic rings. The van der Waals surface area contributed by atoms with Gasteiger partial charge in [0.15, 0.2) is 0 Å². The normalized spacial score (nSPS) is 23.3. The second-order valence-electron chi connectivity index (χ2n) is 5.55. The Morgan fingerprint density at radius 3 is 2.11 bits per heavy atom. The first kappa shape index (κ1) is 15.1. The Morgan fingerprint density at radius 2 is 1.72 bits per heavy atom. The number of hydrogen-bond donors (Lipinski definition) is 1. The summed E-state index contributed by atoms with van der Waals surface area (Å²) in [4.78, 5) is 0. The highest BCUT2D eigenvalue weighted by molar-refractivity contribution is 6.55. The van der Waals surface area contributed by atoms with E-state index in [-0.39, 0.29) is 11.2 Å². The number of allylic oxidation sites excluding steroid dienone is 4. The van der Waals surface area contributed by atoms with Gasteiger partial charge in [-0.25, -0.2) is 0 Å². The summed E-state index contributed by atoms with van der Waals surface area (Å²) in [7, 11) is -0.406. The van der Waals surface area contributed by atoms with Crippen LogP contribution in [0, 0.1) is 0 Å². The van der Waals surface area contributed by atoms with Crippen LogP contribution in [0.5, 0.6) is 0 Å². The molecule has 1 saturated heterocycles. The molecule has 0 aromatic carbocycles. The predicted molar refractivity (Wildman–Crippen MR) is 76.9 cm³/mol. The summed E-state index contributed by atoms with van der Waals surface area (Å²) in [5.41, 5.74) is 6.77. The molecule has 2 N–H and O–H groups in total. The minimum absolute atomic E-state index is 0.344. The van der Waals surface area contributed by atoms with Crippen LogP contribution in [0.15, 0.2) is 36.0 Å². The van der Waals surface area contributed by atoms with Crippen LogP contribution in [-0.2, 0) is 9.31 Å². The summed E-state index contributed by atoms with van der Waals surface area (Å²) in [6.45, 7) is 14.0. The third-order valence-electron chi connectivity index (χ3n) is 3.53. The summed E-state index contributed by atoms with van der Waals surface area (Å²) in [5, 5.41) is 0. The average molecular weight is 249 g/mol. The van der Waals surface area contributed by atoms with Gasteiger partial charge in [0.1, 0.15) is 0 Å². The van der Waals surface area contributed by atoms with E-state index in [1.807, 2.05) is 46.8 Å². The predicted octanol–water partition coefficient (Wildman–Crippen LogP) is 2.98. The van der Waals surface area contributed by atoms with Crippen molar-refractivity contribution in [2.24, 2.45) is 5.73 Å². The van der Waals surface area contributed by atoms with E-state index >= 15 is 0 Å². The molecule has 0 radical (unpaired) electrons. The topological polar surface area (TPSA) is 44.5 Å². The second-order valence-corrected chi connectivity index (χ2v) is 5.55. The summed E-state index contributed by atoms with van der Waals surface area (Å²) >= 11 is 0. The molecule has 0 saturated carbocycles. The highest BCUT2D eigenvalue weighted by Gasteiger charge is 2.51. The molecule has 0 amide bonds. The maximum absolute atomic E-state index is 5.95. The fourth-order valence-electron chi connectivity index (χ4n) is 1.69. The SMILES string of the molecule is C=C/C(=C\C(N)=C/CC)B1OC(C)(C)C(C)(C)O1. The van der Waals surface area contributed by atoms with Gasteiger partial charge in [0.05, 0.1) is 11.2 Å². The first-order valence-electron chi connectivity index (χ1n) is 6.39. The van der Waals surface area contributed by atoms with Crippen molar-refractivity contribution in [1.82, 2.24) is 0 Å². The molecule has 0 aromatic heterocycles. The quantitative estimate of drug-likeness (QED) is 0.615. The molecule has 4 heteroatoms. The largest absolute Gasteiger partial charge is 0.494 e. The summed E-state index contributed by atoms with van der Waals surface area (Å²) in [6, 6.07) is 0. The van der Waals surface area contributed by atoms with E-state index in [4.69, 9.17) is 15.0 Å². The molecule has 1 rings (SSSR count). The van der Waals surface area contributed by atoms with Crippen LogP contribution in [0.3, 0.4) is 0 Å². The van der Waals surface area contributed by atoms with Crippen LogP contribution >= 0.6 is 0 Å². The fourth-order valence-corrected chi connectivity index (χ4v) is 1.69. The zero-order valence-corrected chi connectivity index (χ0v) is 12.1. The van der Waals surface area contributed by atoms with Crippen molar-refractivity contribution in [3.8, 4) is 0 Å². The molecule has 1 aliphatic heterocycles. The Morgan fingerprint density at radius 1 is 1.22 bits per heavy atom. The molecule has 18 heavy (non-hydrogen) atoms. The zero-order chi connectivity index (χ0) is 14.0. The van der Waals surface area contributed by atoms with E-state index in [2.05, 4.69) is 6.58 Å². The van der Waals surface area contributed by atoms with Crippen LogP contribution in [0.25, 0.3) is 0 Å². The third kappa shape index (κ3) is 3.06. The van der Waals surface area contributed by atoms with Crippen LogP contribution < -0.4 is 5.73 Å². The van der Waals surface area contributed by atoms with Crippen molar-refractivity contribution < 1.29 is 9.31 Å². The number of nitrogens with two attached hydrogens (primary N) is 1. The number of hydrogen-bond acceptors (Lipinski definition) is 3. The van der Waals surface area contributed by atoms with Crippen LogP contribution in [-0.4, -0.2) is 18.3 Å². The van der Waals surface area contributed by atoms with Gasteiger partial charge in [-0.05, 0) is 45.7 Å². The van der Waals surface area contributed by atoms with Crippen LogP contribution in [0.4, 0.5) is 0 Å². The highest BCUT2D eigenvalue weighted by atomic mass is 16.7. The molecular formula is C14H24BNO2. The molecule has 1 heterocycles. The molecule has 1 fully saturated rings. The van der Waals surface area contributed by atoms with Gasteiger partial charge in [-0.3, -0.25) is 0 Å². The monoisotopic (exact) mass is 249 g/mol. The van der Waals surface area contributed by atoms with E-state index in [1.54, 1.807) is 6.08 Å². The van der Waals surface area contributed by atoms with Gasteiger partial charge < -0.3 is 15.0 Å². The molecule has 0 spiro atoms. The smallest absolute Gasteiger partial charge is 0.399 e. The van der Waals surface area contributed by atoms with E-state index < -0.39 is 7.12 Å². The van der Waals surface area contributed by atoms with Gasteiger partial charge in [0.25, 0.3) is 0 Å². The lowest BCUT2D eigenvalue weighted by molar-refractivity contribution is 0.00578. The van der Waals surface area contributed by atoms with Gasteiger partial charge in [0, 0.05) is 5.70 Å². The number of rotatable bonds is 4. The first-order chi connectivity index (χ1) is 8.23. The molecule has 0 aliphatic carbocycles. The minimum atomic E-state index is -0.406. The van der Waals surface area contributed by atoms with Crippen LogP contribution in [0.2, 0.25) is 0 Å². The minimum Gasteiger partial charge on any atom is -0.399 e. The van der Waals surface area contributed by atoms with Gasteiger partial charge in [-0.1, -0.05) is 25.7 Å². The molecule has 1 aliphatic rings. The molecule has 0 unspecified atom stereocenters. The summed E-state index contributed by atoms with van der Waals surface area (Å²) < 4.78 is 11.9. The van der Waals surface area contributed by atoms with Gasteiger partial charge >= 0.3 is 7.12 Å². The van der Waals surface area contributed by atoms with E-state index in [0.717, 1.165) is 11.9 Å². The van der Waals surface area contributed by atoms with Crippen molar-refractivity contribution in [1.29, 1.82) is 0 Å². The summed E-state index contributed by atoms with van der Waals surface area (Å²) in [5.74, 6) is 0. The standard InChI is InChI=1S/C14H24BNO2/c1-7-9-12(16)10-11(8-2)15-17-13(3,4)14(5,6)18-15/h8-10H,2,7,16H2,1,3-6H3/b11-10+,12-9+. The Kier molecular flexibility index (Phi) is 4.46. The van der Waals surface area contributed by atoms with E-state index in [0.29, 0.717) is 5.70 Å². The third-order valence-corrected chi connectivity index (χ3v) is 3.53. The molecule has 3 nitrogen and oxygen atoms in total. The average Bonchev–Trinajstić information content (AvgIpc) is 2.45. The second kappa shape index (κ2) is 5.33. The van der Waals surface area contributed by atoms with Gasteiger partial charge in [-0.2, -0.15) is 0 Å². The maximum Gasteiger partial charge on any atom is 0.494 e. The lowest BCUT2D eigenvalue weighted by Crippen LogP contribution is -2.41. The van der Waals surface area contributed by atoms with E-state index in [9.17, 15) is 0 Å². The van der Waals surface area contributed by atoms with Crippen molar-refractivity contribution >= 4 is 7.12 Å². The van der Waals surface area contributed by atoms with Crippen molar-refractivity contribution in [3.63, 3.8) is 0 Å². The fraction of sp³-hybridized carbons (Fsp3) is 0.571. The van der Waals surface area contributed by atoms with Crippen molar-refractivity contribution in [2.45, 2.75) is 52.2 Å². The Bertz CT molecular complexity index is 367. The molecule has 0 atom stereocenters. The van der Waals surface area contributed by atoms with Crippen LogP contribution in [0.1, 0.15) is 41.0 Å². The Hall–Kier alpha value is -0.995. The Balaban J connectivity index is 2.94. The summed E-state index contributed by atoms with van der Waals surface area (Å²) in [6.07, 6.45) is 6.45. The van der Waals surface area contributed by atoms with Gasteiger partial charge in [-0.15, -0.1) is 0 Å². The van der Waals surface area contributed by atoms with Crippen molar-refractivity contribution in [2.75, 3.05) is 0 Å². The molecule has 100 valence electrons. The van der Waals surface area contributed by atoms with Crippen molar-refractivity contribution in [3.05, 3.63) is 36.0 Å².